The summed E-state index contributed by atoms with van der Waals surface area (Å²) in [6.07, 6.45) is 1.89. The third-order valence-corrected chi connectivity index (χ3v) is 4.55. The molecule has 1 saturated heterocycles. The second-order valence-electron chi connectivity index (χ2n) is 6.03. The summed E-state index contributed by atoms with van der Waals surface area (Å²) >= 11 is 5.99. The van der Waals surface area contributed by atoms with Crippen molar-refractivity contribution in [3.63, 3.8) is 0 Å². The molecular weight excluding hydrogens is 342 g/mol. The van der Waals surface area contributed by atoms with Gasteiger partial charge in [0, 0.05) is 29.8 Å². The van der Waals surface area contributed by atoms with E-state index in [1.54, 1.807) is 24.3 Å². The van der Waals surface area contributed by atoms with E-state index in [9.17, 15) is 5.21 Å². The van der Waals surface area contributed by atoms with Gasteiger partial charge >= 0.3 is 0 Å². The molecule has 0 amide bonds. The number of hydrogen-bond acceptors (Lipinski definition) is 6. The van der Waals surface area contributed by atoms with Crippen molar-refractivity contribution in [3.05, 3.63) is 41.4 Å². The van der Waals surface area contributed by atoms with Gasteiger partial charge in [0.15, 0.2) is 5.58 Å². The zero-order valence-corrected chi connectivity index (χ0v) is 14.2. The van der Waals surface area contributed by atoms with Gasteiger partial charge in [-0.05, 0) is 49.2 Å². The molecule has 2 aromatic carbocycles. The highest BCUT2D eigenvalue weighted by atomic mass is 35.5. The third-order valence-electron chi connectivity index (χ3n) is 4.32. The fraction of sp³-hybridized carbons (Fsp3) is 0.278. The predicted octanol–water partition coefficient (Wildman–Crippen LogP) is 4.54. The van der Waals surface area contributed by atoms with Crippen LogP contribution < -0.4 is 10.8 Å². The highest BCUT2D eigenvalue weighted by Crippen LogP contribution is 2.32. The minimum atomic E-state index is 0.332. The maximum absolute atomic E-state index is 9.51. The first-order valence-electron chi connectivity index (χ1n) is 8.18. The zero-order valence-electron chi connectivity index (χ0n) is 13.5. The first-order chi connectivity index (χ1) is 12.2. The molecule has 0 spiro atoms. The van der Waals surface area contributed by atoms with E-state index in [1.807, 2.05) is 12.1 Å². The lowest BCUT2D eigenvalue weighted by Crippen LogP contribution is -2.28. The standard InChI is InChI=1S/C18H18ClN3O3/c19-12-2-4-17-16(10-12)21-18(25-17)11-1-3-14(15(9-11)22-23)20-13-5-7-24-8-6-13/h1-4,9-10,13,20,22-23H,5-8H2. The number of fused-ring (bicyclic) bond motifs is 1. The molecule has 0 atom stereocenters. The van der Waals surface area contributed by atoms with E-state index in [4.69, 9.17) is 20.8 Å². The molecule has 2 heterocycles. The van der Waals surface area contributed by atoms with Gasteiger partial charge in [0.2, 0.25) is 5.89 Å². The fourth-order valence-electron chi connectivity index (χ4n) is 2.98. The lowest BCUT2D eigenvalue weighted by molar-refractivity contribution is 0.0904. The molecule has 25 heavy (non-hydrogen) atoms. The number of ether oxygens (including phenoxy) is 1. The average molecular weight is 360 g/mol. The fourth-order valence-corrected chi connectivity index (χ4v) is 3.15. The number of rotatable bonds is 4. The largest absolute Gasteiger partial charge is 0.436 e. The van der Waals surface area contributed by atoms with Crippen LogP contribution in [0.4, 0.5) is 11.4 Å². The summed E-state index contributed by atoms with van der Waals surface area (Å²) in [7, 11) is 0. The van der Waals surface area contributed by atoms with Crippen molar-refractivity contribution in [2.45, 2.75) is 18.9 Å². The van der Waals surface area contributed by atoms with E-state index in [-0.39, 0.29) is 0 Å². The molecule has 1 aliphatic rings. The molecule has 1 fully saturated rings. The van der Waals surface area contributed by atoms with Gasteiger partial charge in [-0.1, -0.05) is 11.6 Å². The van der Waals surface area contributed by atoms with Gasteiger partial charge in [-0.15, -0.1) is 0 Å². The monoisotopic (exact) mass is 359 g/mol. The molecule has 130 valence electrons. The van der Waals surface area contributed by atoms with E-state index < -0.39 is 0 Å². The SMILES string of the molecule is ONc1cc(-c2nc3cc(Cl)ccc3o2)ccc1NC1CCOCC1. The predicted molar refractivity (Wildman–Crippen MR) is 97.3 cm³/mol. The normalized spacial score (nSPS) is 15.4. The molecule has 1 aliphatic heterocycles. The van der Waals surface area contributed by atoms with E-state index >= 15 is 0 Å². The molecule has 0 radical (unpaired) electrons. The average Bonchev–Trinajstić information content (AvgIpc) is 3.06. The number of benzene rings is 2. The van der Waals surface area contributed by atoms with Crippen molar-refractivity contribution in [3.8, 4) is 11.5 Å². The number of anilines is 2. The molecule has 0 bridgehead atoms. The van der Waals surface area contributed by atoms with Crippen LogP contribution in [-0.2, 0) is 4.74 Å². The minimum Gasteiger partial charge on any atom is -0.436 e. The van der Waals surface area contributed by atoms with Crippen LogP contribution in [0.2, 0.25) is 5.02 Å². The number of hydrogen-bond donors (Lipinski definition) is 3. The molecule has 7 heteroatoms. The Morgan fingerprint density at radius 1 is 1.08 bits per heavy atom. The van der Waals surface area contributed by atoms with Crippen molar-refractivity contribution in [1.29, 1.82) is 0 Å². The van der Waals surface area contributed by atoms with Crippen LogP contribution in [0, 0.1) is 0 Å². The minimum absolute atomic E-state index is 0.332. The second-order valence-corrected chi connectivity index (χ2v) is 6.47. The van der Waals surface area contributed by atoms with Gasteiger partial charge in [-0.3, -0.25) is 10.7 Å². The van der Waals surface area contributed by atoms with Gasteiger partial charge in [0.1, 0.15) is 5.52 Å². The van der Waals surface area contributed by atoms with Crippen LogP contribution in [0.1, 0.15) is 12.8 Å². The van der Waals surface area contributed by atoms with E-state index in [0.717, 1.165) is 37.3 Å². The number of halogens is 1. The van der Waals surface area contributed by atoms with Crippen LogP contribution in [0.3, 0.4) is 0 Å². The number of oxazole rings is 1. The first kappa shape index (κ1) is 16.2. The summed E-state index contributed by atoms with van der Waals surface area (Å²) in [6.45, 7) is 1.51. The van der Waals surface area contributed by atoms with Crippen LogP contribution in [0.25, 0.3) is 22.6 Å². The highest BCUT2D eigenvalue weighted by molar-refractivity contribution is 6.31. The Morgan fingerprint density at radius 2 is 1.92 bits per heavy atom. The molecule has 4 rings (SSSR count). The Labute approximate surface area is 149 Å². The maximum Gasteiger partial charge on any atom is 0.227 e. The quantitative estimate of drug-likeness (QED) is 0.593. The summed E-state index contributed by atoms with van der Waals surface area (Å²) in [5.74, 6) is 0.478. The van der Waals surface area contributed by atoms with Crippen LogP contribution in [-0.4, -0.2) is 29.4 Å². The molecule has 0 unspecified atom stereocenters. The van der Waals surface area contributed by atoms with Crippen molar-refractivity contribution in [1.82, 2.24) is 4.98 Å². The third kappa shape index (κ3) is 3.42. The van der Waals surface area contributed by atoms with E-state index in [1.165, 1.54) is 0 Å². The molecule has 0 saturated carbocycles. The molecule has 1 aromatic heterocycles. The summed E-state index contributed by atoms with van der Waals surface area (Å²) in [6, 6.07) is 11.3. The molecule has 3 N–H and O–H groups in total. The molecule has 6 nitrogen and oxygen atoms in total. The summed E-state index contributed by atoms with van der Waals surface area (Å²) in [5, 5.41) is 13.6. The van der Waals surface area contributed by atoms with Crippen LogP contribution >= 0.6 is 11.6 Å². The van der Waals surface area contributed by atoms with Gasteiger partial charge < -0.3 is 14.5 Å². The lowest BCUT2D eigenvalue weighted by atomic mass is 10.1. The van der Waals surface area contributed by atoms with E-state index in [2.05, 4.69) is 15.8 Å². The van der Waals surface area contributed by atoms with Crippen molar-refractivity contribution < 1.29 is 14.4 Å². The van der Waals surface area contributed by atoms with Crippen molar-refractivity contribution >= 4 is 34.1 Å². The van der Waals surface area contributed by atoms with Crippen LogP contribution in [0.15, 0.2) is 40.8 Å². The Balaban J connectivity index is 1.63. The number of aromatic nitrogens is 1. The molecule has 0 aliphatic carbocycles. The zero-order chi connectivity index (χ0) is 17.2. The first-order valence-corrected chi connectivity index (χ1v) is 8.55. The molecule has 3 aromatic rings. The smallest absolute Gasteiger partial charge is 0.227 e. The summed E-state index contributed by atoms with van der Waals surface area (Å²) in [4.78, 5) is 4.47. The Kier molecular flexibility index (Phi) is 4.48. The van der Waals surface area contributed by atoms with Crippen LogP contribution in [0.5, 0.6) is 0 Å². The van der Waals surface area contributed by atoms with Crippen molar-refractivity contribution in [2.75, 3.05) is 24.0 Å². The Bertz CT molecular complexity index is 890. The second kappa shape index (κ2) is 6.92. The lowest BCUT2D eigenvalue weighted by Gasteiger charge is -2.25. The summed E-state index contributed by atoms with van der Waals surface area (Å²) < 4.78 is 11.2. The highest BCUT2D eigenvalue weighted by Gasteiger charge is 2.16. The Morgan fingerprint density at radius 3 is 2.72 bits per heavy atom. The Hall–Kier alpha value is -2.28. The van der Waals surface area contributed by atoms with Gasteiger partial charge in [-0.2, -0.15) is 0 Å². The number of nitrogens with one attached hydrogen (secondary N) is 2. The van der Waals surface area contributed by atoms with Gasteiger partial charge in [0.05, 0.1) is 11.4 Å². The van der Waals surface area contributed by atoms with E-state index in [0.29, 0.717) is 33.7 Å². The van der Waals surface area contributed by atoms with Gasteiger partial charge in [-0.25, -0.2) is 4.98 Å². The summed E-state index contributed by atoms with van der Waals surface area (Å²) in [5.41, 5.74) is 5.79. The topological polar surface area (TPSA) is 79.5 Å². The maximum atomic E-state index is 9.51. The van der Waals surface area contributed by atoms with Crippen molar-refractivity contribution in [2.24, 2.45) is 0 Å². The van der Waals surface area contributed by atoms with Gasteiger partial charge in [0.25, 0.3) is 0 Å². The molecular formula is C18H18ClN3O3. The number of nitrogens with zero attached hydrogens (tertiary/aromatic N) is 1.